The number of aromatic nitrogens is 3. The summed E-state index contributed by atoms with van der Waals surface area (Å²) in [4.78, 5) is 20.6. The van der Waals surface area contributed by atoms with Gasteiger partial charge in [0.25, 0.3) is 0 Å². The molecular weight excluding hydrogens is 338 g/mol. The number of nitrogens with zero attached hydrogens (tertiary/aromatic N) is 3. The van der Waals surface area contributed by atoms with Crippen molar-refractivity contribution in [1.82, 2.24) is 14.5 Å². The summed E-state index contributed by atoms with van der Waals surface area (Å²) in [5.41, 5.74) is 0.537. The average molecular weight is 352 g/mol. The molecule has 126 valence electrons. The third kappa shape index (κ3) is 3.51. The number of hydrogen-bond donors (Lipinski definition) is 1. The lowest BCUT2D eigenvalue weighted by molar-refractivity contribution is -0.116. The van der Waals surface area contributed by atoms with Crippen LogP contribution in [-0.2, 0) is 11.2 Å². The van der Waals surface area contributed by atoms with E-state index in [1.807, 2.05) is 0 Å². The van der Waals surface area contributed by atoms with Gasteiger partial charge >= 0.3 is 6.55 Å². The molecule has 0 aliphatic heterocycles. The van der Waals surface area contributed by atoms with Gasteiger partial charge in [-0.2, -0.15) is 8.78 Å². The van der Waals surface area contributed by atoms with E-state index in [2.05, 4.69) is 15.3 Å². The highest BCUT2D eigenvalue weighted by atomic mass is 32.1. The van der Waals surface area contributed by atoms with E-state index in [-0.39, 0.29) is 18.2 Å². The molecular formula is C15H14F2N4O2S. The zero-order chi connectivity index (χ0) is 17.1. The summed E-state index contributed by atoms with van der Waals surface area (Å²) in [6.45, 7) is -0.996. The van der Waals surface area contributed by atoms with Crippen LogP contribution in [0.15, 0.2) is 35.2 Å². The quantitative estimate of drug-likeness (QED) is 0.731. The molecule has 0 unspecified atom stereocenters. The predicted octanol–water partition coefficient (Wildman–Crippen LogP) is 3.87. The van der Waals surface area contributed by atoms with Crippen molar-refractivity contribution in [2.75, 3.05) is 5.32 Å². The standard InChI is InChI=1S/C15H14F2N4O2S/c1-9-12(13-18-6-7-21(13)14(16)17)24-15(19-9)20-11(22)5-4-10-3-2-8-23-10/h2-3,6-8,14H,4-5H2,1H3,(H,19,20,22). The largest absolute Gasteiger partial charge is 0.469 e. The number of anilines is 1. The number of thiazole rings is 1. The number of carbonyl (C=O) groups is 1. The normalized spacial score (nSPS) is 11.2. The van der Waals surface area contributed by atoms with Crippen LogP contribution in [0.2, 0.25) is 0 Å². The Morgan fingerprint density at radius 3 is 3.04 bits per heavy atom. The van der Waals surface area contributed by atoms with E-state index in [9.17, 15) is 13.6 Å². The summed E-state index contributed by atoms with van der Waals surface area (Å²) >= 11 is 1.12. The molecule has 0 bridgehead atoms. The van der Waals surface area contributed by atoms with Gasteiger partial charge in [0.1, 0.15) is 5.76 Å². The Morgan fingerprint density at radius 1 is 1.50 bits per heavy atom. The van der Waals surface area contributed by atoms with Gasteiger partial charge in [-0.3, -0.25) is 9.36 Å². The fourth-order valence-corrected chi connectivity index (χ4v) is 3.16. The molecule has 1 amide bonds. The van der Waals surface area contributed by atoms with Gasteiger partial charge in [-0.15, -0.1) is 0 Å². The van der Waals surface area contributed by atoms with Gasteiger partial charge in [-0.05, 0) is 19.1 Å². The number of amides is 1. The number of halogens is 2. The van der Waals surface area contributed by atoms with E-state index in [1.165, 1.54) is 12.4 Å². The average Bonchev–Trinajstić information content (AvgIpc) is 3.25. The van der Waals surface area contributed by atoms with Crippen molar-refractivity contribution in [3.63, 3.8) is 0 Å². The Labute approximate surface area is 140 Å². The minimum Gasteiger partial charge on any atom is -0.469 e. The Balaban J connectivity index is 1.69. The molecule has 3 aromatic rings. The van der Waals surface area contributed by atoms with Crippen LogP contribution < -0.4 is 5.32 Å². The van der Waals surface area contributed by atoms with Crippen LogP contribution in [0.1, 0.15) is 24.4 Å². The first-order chi connectivity index (χ1) is 11.5. The van der Waals surface area contributed by atoms with Crippen LogP contribution >= 0.6 is 11.3 Å². The third-order valence-corrected chi connectivity index (χ3v) is 4.37. The zero-order valence-corrected chi connectivity index (χ0v) is 13.5. The predicted molar refractivity (Wildman–Crippen MR) is 85.0 cm³/mol. The molecule has 0 radical (unpaired) electrons. The minimum atomic E-state index is -2.68. The SMILES string of the molecule is Cc1nc(NC(=O)CCc2ccco2)sc1-c1nccn1C(F)F. The molecule has 9 heteroatoms. The Hall–Kier alpha value is -2.55. The molecule has 0 aliphatic carbocycles. The van der Waals surface area contributed by atoms with Gasteiger partial charge in [0.05, 0.1) is 16.8 Å². The summed E-state index contributed by atoms with van der Waals surface area (Å²) in [5, 5.41) is 3.04. The molecule has 24 heavy (non-hydrogen) atoms. The summed E-state index contributed by atoms with van der Waals surface area (Å²) < 4.78 is 31.9. The van der Waals surface area contributed by atoms with Gasteiger partial charge in [0.2, 0.25) is 5.91 Å². The molecule has 0 fully saturated rings. The molecule has 0 saturated heterocycles. The summed E-state index contributed by atoms with van der Waals surface area (Å²) in [5.74, 6) is 0.639. The monoisotopic (exact) mass is 352 g/mol. The van der Waals surface area contributed by atoms with E-state index in [0.717, 1.165) is 21.7 Å². The molecule has 6 nitrogen and oxygen atoms in total. The van der Waals surface area contributed by atoms with Gasteiger partial charge in [-0.1, -0.05) is 11.3 Å². The van der Waals surface area contributed by atoms with Gasteiger partial charge in [0.15, 0.2) is 11.0 Å². The second-order valence-electron chi connectivity index (χ2n) is 5.00. The minimum absolute atomic E-state index is 0.135. The number of imidazole rings is 1. The van der Waals surface area contributed by atoms with Crippen LogP contribution in [0, 0.1) is 6.92 Å². The fourth-order valence-electron chi connectivity index (χ4n) is 2.18. The molecule has 0 aromatic carbocycles. The smallest absolute Gasteiger partial charge is 0.320 e. The topological polar surface area (TPSA) is 73.0 Å². The van der Waals surface area contributed by atoms with Crippen LogP contribution in [0.4, 0.5) is 13.9 Å². The van der Waals surface area contributed by atoms with E-state index >= 15 is 0 Å². The van der Waals surface area contributed by atoms with Crippen LogP contribution in [0.5, 0.6) is 0 Å². The number of rotatable bonds is 6. The lowest BCUT2D eigenvalue weighted by atomic mass is 10.2. The van der Waals surface area contributed by atoms with E-state index < -0.39 is 6.55 Å². The molecule has 0 aliphatic rings. The summed E-state index contributed by atoms with van der Waals surface area (Å²) in [6.07, 6.45) is 4.79. The van der Waals surface area contributed by atoms with Crippen molar-refractivity contribution in [3.05, 3.63) is 42.2 Å². The highest BCUT2D eigenvalue weighted by Crippen LogP contribution is 2.33. The summed E-state index contributed by atoms with van der Waals surface area (Å²) in [6, 6.07) is 3.55. The second-order valence-corrected chi connectivity index (χ2v) is 6.00. The number of hydrogen-bond acceptors (Lipinski definition) is 5. The highest BCUT2D eigenvalue weighted by Gasteiger charge is 2.19. The molecule has 0 saturated carbocycles. The lowest BCUT2D eigenvalue weighted by Gasteiger charge is -2.04. The molecule has 3 rings (SSSR count). The molecule has 1 N–H and O–H groups in total. The van der Waals surface area contributed by atoms with E-state index in [0.29, 0.717) is 22.1 Å². The fraction of sp³-hybridized carbons (Fsp3) is 0.267. The molecule has 3 aromatic heterocycles. The van der Waals surface area contributed by atoms with Crippen molar-refractivity contribution < 1.29 is 18.0 Å². The Bertz CT molecular complexity index is 827. The molecule has 0 atom stereocenters. The first-order valence-corrected chi connectivity index (χ1v) is 7.97. The maximum atomic E-state index is 13.0. The van der Waals surface area contributed by atoms with Crippen molar-refractivity contribution in [3.8, 4) is 10.7 Å². The van der Waals surface area contributed by atoms with Gasteiger partial charge < -0.3 is 9.73 Å². The maximum Gasteiger partial charge on any atom is 0.320 e. The third-order valence-electron chi connectivity index (χ3n) is 3.30. The Morgan fingerprint density at radius 2 is 2.33 bits per heavy atom. The number of alkyl halides is 2. The number of nitrogens with one attached hydrogen (secondary N) is 1. The second kappa shape index (κ2) is 6.91. The number of furan rings is 1. The summed E-state index contributed by atoms with van der Waals surface area (Å²) in [7, 11) is 0. The number of carbonyl (C=O) groups excluding carboxylic acids is 1. The molecule has 3 heterocycles. The lowest BCUT2D eigenvalue weighted by Crippen LogP contribution is -2.11. The number of aryl methyl sites for hydroxylation is 2. The molecule has 0 spiro atoms. The van der Waals surface area contributed by atoms with Crippen LogP contribution in [0.25, 0.3) is 10.7 Å². The van der Waals surface area contributed by atoms with E-state index in [1.54, 1.807) is 25.3 Å². The van der Waals surface area contributed by atoms with Crippen LogP contribution in [-0.4, -0.2) is 20.4 Å². The van der Waals surface area contributed by atoms with Gasteiger partial charge in [-0.25, -0.2) is 9.97 Å². The van der Waals surface area contributed by atoms with Crippen molar-refractivity contribution in [1.29, 1.82) is 0 Å². The first-order valence-electron chi connectivity index (χ1n) is 7.15. The van der Waals surface area contributed by atoms with Gasteiger partial charge in [0, 0.05) is 25.2 Å². The maximum absolute atomic E-state index is 13.0. The van der Waals surface area contributed by atoms with Crippen molar-refractivity contribution in [2.45, 2.75) is 26.3 Å². The van der Waals surface area contributed by atoms with Crippen LogP contribution in [0.3, 0.4) is 0 Å². The van der Waals surface area contributed by atoms with Crippen molar-refractivity contribution >= 4 is 22.4 Å². The van der Waals surface area contributed by atoms with Crippen molar-refractivity contribution in [2.24, 2.45) is 0 Å². The van der Waals surface area contributed by atoms with E-state index in [4.69, 9.17) is 4.42 Å². The highest BCUT2D eigenvalue weighted by molar-refractivity contribution is 7.19. The zero-order valence-electron chi connectivity index (χ0n) is 12.7. The Kier molecular flexibility index (Phi) is 4.70. The first kappa shape index (κ1) is 16.3.